The molecular weight excluding hydrogens is 1250 g/mol. The van der Waals surface area contributed by atoms with Crippen molar-refractivity contribution in [2.24, 2.45) is 51.0 Å². The van der Waals surface area contributed by atoms with Crippen LogP contribution in [0.3, 0.4) is 0 Å². The molecule has 2 aromatic carbocycles. The van der Waals surface area contributed by atoms with Crippen LogP contribution in [-0.4, -0.2) is 198 Å². The number of unbranched alkanes of at least 4 members (excludes halogenated alkanes) is 1. The van der Waals surface area contributed by atoms with Gasteiger partial charge in [-0.1, -0.05) is 74.5 Å². The van der Waals surface area contributed by atoms with Crippen molar-refractivity contribution in [3.8, 4) is 0 Å². The third-order valence-electron chi connectivity index (χ3n) is 16.0. The summed E-state index contributed by atoms with van der Waals surface area (Å²) in [6, 6.07) is 4.51. The summed E-state index contributed by atoms with van der Waals surface area (Å²) in [5, 5.41) is 21.1. The number of nitrogens with one attached hydrogen (secondary N) is 8. The van der Waals surface area contributed by atoms with E-state index in [0.717, 1.165) is 0 Å². The van der Waals surface area contributed by atoms with Crippen LogP contribution in [0.15, 0.2) is 65.7 Å². The summed E-state index contributed by atoms with van der Waals surface area (Å²) in [5.74, 6) is -9.80. The van der Waals surface area contributed by atoms with E-state index >= 15 is 0 Å². The molecule has 95 heavy (non-hydrogen) atoms. The van der Waals surface area contributed by atoms with E-state index in [4.69, 9.17) is 40.1 Å². The monoisotopic (exact) mass is 1350 g/mol. The van der Waals surface area contributed by atoms with Crippen molar-refractivity contribution in [2.45, 2.75) is 183 Å². The molecule has 10 atom stereocenters. The van der Waals surface area contributed by atoms with Gasteiger partial charge in [0.25, 0.3) is 0 Å². The van der Waals surface area contributed by atoms with Crippen LogP contribution in [0.1, 0.15) is 121 Å². The maximum Gasteiger partial charge on any atom is 0.245 e. The normalized spacial score (nSPS) is 16.8. The molecule has 2 saturated heterocycles. The van der Waals surface area contributed by atoms with Crippen molar-refractivity contribution in [1.82, 2.24) is 52.3 Å². The number of carbonyl (C=O) groups is 13. The van der Waals surface area contributed by atoms with E-state index in [2.05, 4.69) is 47.5 Å². The molecular formula is C63H98N18O13S. The maximum absolute atomic E-state index is 14.7. The van der Waals surface area contributed by atoms with Gasteiger partial charge < -0.3 is 92.5 Å². The van der Waals surface area contributed by atoms with Crippen LogP contribution in [0.25, 0.3) is 0 Å². The van der Waals surface area contributed by atoms with E-state index in [1.807, 2.05) is 20.1 Å². The number of carbonyl (C=O) groups excluding carboxylic acids is 13. The molecule has 2 heterocycles. The second kappa shape index (κ2) is 41.0. The third-order valence-corrected chi connectivity index (χ3v) is 16.7. The molecule has 0 spiro atoms. The van der Waals surface area contributed by atoms with Gasteiger partial charge in [-0.3, -0.25) is 67.3 Å². The lowest BCUT2D eigenvalue weighted by Gasteiger charge is -2.32. The van der Waals surface area contributed by atoms with Gasteiger partial charge in [0.05, 0.1) is 12.6 Å². The molecule has 0 aliphatic carbocycles. The lowest BCUT2D eigenvalue weighted by molar-refractivity contribution is -0.144. The minimum absolute atomic E-state index is 0.0736. The molecule has 4 rings (SSSR count). The molecule has 2 aromatic rings. The first kappa shape index (κ1) is 78.5. The number of nitrogens with two attached hydrogens (primary N) is 7. The van der Waals surface area contributed by atoms with Gasteiger partial charge >= 0.3 is 0 Å². The zero-order valence-corrected chi connectivity index (χ0v) is 55.3. The van der Waals surface area contributed by atoms with Gasteiger partial charge in [0.15, 0.2) is 5.96 Å². The van der Waals surface area contributed by atoms with Gasteiger partial charge in [0.2, 0.25) is 76.8 Å². The Hall–Kier alpha value is -8.91. The zero-order valence-electron chi connectivity index (χ0n) is 54.5. The summed E-state index contributed by atoms with van der Waals surface area (Å²) in [6.45, 7) is 3.86. The number of primary amides is 3. The topological polar surface area (TPSA) is 519 Å². The maximum atomic E-state index is 14.7. The van der Waals surface area contributed by atoms with Crippen molar-refractivity contribution in [1.29, 1.82) is 0 Å². The van der Waals surface area contributed by atoms with Crippen LogP contribution in [0.2, 0.25) is 0 Å². The highest BCUT2D eigenvalue weighted by Crippen LogP contribution is 2.24. The molecule has 2 aliphatic heterocycles. The number of aliphatic imine (C=N–C) groups is 1. The van der Waals surface area contributed by atoms with E-state index < -0.39 is 169 Å². The summed E-state index contributed by atoms with van der Waals surface area (Å²) in [4.78, 5) is 185. The van der Waals surface area contributed by atoms with Crippen molar-refractivity contribution in [2.75, 3.05) is 44.7 Å². The molecule has 0 saturated carbocycles. The minimum atomic E-state index is -1.64. The van der Waals surface area contributed by atoms with E-state index in [1.54, 1.807) is 60.7 Å². The summed E-state index contributed by atoms with van der Waals surface area (Å²) in [6.07, 6.45) is 3.12. The molecule has 31 nitrogen and oxygen atoms in total. The van der Waals surface area contributed by atoms with E-state index in [0.29, 0.717) is 55.4 Å². The van der Waals surface area contributed by atoms with Crippen molar-refractivity contribution in [3.05, 3.63) is 71.8 Å². The van der Waals surface area contributed by atoms with E-state index in [1.165, 1.54) is 21.6 Å². The first-order valence-corrected chi connectivity index (χ1v) is 33.6. The highest BCUT2D eigenvalue weighted by Gasteiger charge is 2.42. The number of hydrogen-bond acceptors (Lipinski definition) is 17. The molecule has 0 bridgehead atoms. The minimum Gasteiger partial charge on any atom is -0.370 e. The molecule has 0 aromatic heterocycles. The number of likely N-dealkylation sites (tertiary alicyclic amines) is 2. The first-order chi connectivity index (χ1) is 45.2. The number of thioether (sulfide) groups is 1. The Labute approximate surface area is 558 Å². The van der Waals surface area contributed by atoms with Crippen LogP contribution in [0, 0.1) is 5.92 Å². The van der Waals surface area contributed by atoms with Crippen molar-refractivity contribution < 1.29 is 62.3 Å². The molecule has 0 unspecified atom stereocenters. The van der Waals surface area contributed by atoms with Crippen molar-refractivity contribution >= 4 is 94.5 Å². The fraction of sp³-hybridized carbons (Fsp3) is 0.587. The predicted molar refractivity (Wildman–Crippen MR) is 356 cm³/mol. The van der Waals surface area contributed by atoms with Gasteiger partial charge in [-0.25, -0.2) is 0 Å². The second-order valence-corrected chi connectivity index (χ2v) is 25.1. The van der Waals surface area contributed by atoms with Crippen LogP contribution in [0.4, 0.5) is 0 Å². The van der Waals surface area contributed by atoms with Crippen LogP contribution < -0.4 is 82.7 Å². The van der Waals surface area contributed by atoms with E-state index in [-0.39, 0.29) is 83.0 Å². The number of guanidine groups is 1. The molecule has 0 radical (unpaired) electrons. The zero-order chi connectivity index (χ0) is 70.1. The van der Waals surface area contributed by atoms with Gasteiger partial charge in [0.1, 0.15) is 54.4 Å². The highest BCUT2D eigenvalue weighted by molar-refractivity contribution is 7.98. The molecule has 22 N–H and O–H groups in total. The highest BCUT2D eigenvalue weighted by atomic mass is 32.2. The Morgan fingerprint density at radius 2 is 1.01 bits per heavy atom. The SMILES string of the molecule is CSCC[C@H](NC(=O)[C@H](CC(C)C)NC(=O)CNC(=O)[C@@H](Cc1ccccc1)NC(=O)[C@H](Cc1ccccc1)NC(=O)[C@@H](CCC(N)=O)NC(=O)[C@@H](CCC(N)=O)NC(=O)[C@@H]1CCCN1C(=O)[C@H](CCCCN)NC(=O)[C@@H]1CCCN1C(=O)[C@H](N)CCCN=C(N)N)C(N)=O. The average molecular weight is 1350 g/mol. The fourth-order valence-corrected chi connectivity index (χ4v) is 11.5. The van der Waals surface area contributed by atoms with Crippen LogP contribution in [-0.2, 0) is 75.2 Å². The molecule has 32 heteroatoms. The van der Waals surface area contributed by atoms with Gasteiger partial charge in [-0.15, -0.1) is 0 Å². The van der Waals surface area contributed by atoms with Gasteiger partial charge in [-0.2, -0.15) is 11.8 Å². The Bertz CT molecular complexity index is 2960. The Morgan fingerprint density at radius 3 is 1.51 bits per heavy atom. The quantitative estimate of drug-likeness (QED) is 0.0173. The average Bonchev–Trinajstić information content (AvgIpc) is 1.74. The number of amides is 13. The fourth-order valence-electron chi connectivity index (χ4n) is 11.0. The van der Waals surface area contributed by atoms with Gasteiger partial charge in [-0.05, 0) is 119 Å². The summed E-state index contributed by atoms with van der Waals surface area (Å²) in [7, 11) is 0. The van der Waals surface area contributed by atoms with E-state index in [9.17, 15) is 62.3 Å². The first-order valence-electron chi connectivity index (χ1n) is 32.2. The van der Waals surface area contributed by atoms with Crippen LogP contribution in [0.5, 0.6) is 0 Å². The molecule has 13 amide bonds. The largest absolute Gasteiger partial charge is 0.370 e. The smallest absolute Gasteiger partial charge is 0.245 e. The number of hydrogen-bond donors (Lipinski definition) is 15. The number of nitrogens with zero attached hydrogens (tertiary/aromatic N) is 3. The van der Waals surface area contributed by atoms with Crippen molar-refractivity contribution in [3.63, 3.8) is 0 Å². The summed E-state index contributed by atoms with van der Waals surface area (Å²) < 4.78 is 0. The van der Waals surface area contributed by atoms with Crippen LogP contribution >= 0.6 is 11.8 Å². The second-order valence-electron chi connectivity index (χ2n) is 24.1. The Morgan fingerprint density at radius 1 is 0.537 bits per heavy atom. The standard InChI is InChI=1S/C63H98N18O13S/c1-37(2)33-45(57(89)74-41(53(68)85)27-32-95-3)73-52(84)36-72-54(86)46(34-38-15-6-4-7-16-38)78-58(90)47(35-39-17-8-5-9-18-39)79-56(88)42(23-25-50(66)82)75-55(87)43(24-26-51(67)83)76-59(91)49-22-14-31-81(49)62(94)44(20-10-11-28-64)77-60(92)48-21-13-30-80(48)61(93)40(65)19-12-29-71-63(69)70/h4-9,15-18,37,40-49H,10-14,19-36,64-65H2,1-3H3,(H2,66,82)(H2,67,83)(H2,68,85)(H,72,86)(H,73,84)(H,74,89)(H,75,87)(H,76,91)(H,77,92)(H,78,90)(H,79,88)(H4,69,70,71)/t40-,41+,42-,43-,44+,45+,46-,47+,48+,49+/m1/s1. The number of benzene rings is 2. The molecule has 2 aliphatic rings. The lowest BCUT2D eigenvalue weighted by atomic mass is 10.0. The van der Waals surface area contributed by atoms with Gasteiger partial charge in [0, 0.05) is 45.3 Å². The number of rotatable bonds is 42. The Balaban J connectivity index is 1.56. The summed E-state index contributed by atoms with van der Waals surface area (Å²) >= 11 is 1.45. The molecule has 524 valence electrons. The predicted octanol–water partition coefficient (Wildman–Crippen LogP) is -3.71. The summed E-state index contributed by atoms with van der Waals surface area (Å²) in [5.41, 5.74) is 40.6. The third kappa shape index (κ3) is 27.5. The lowest BCUT2D eigenvalue weighted by Crippen LogP contribution is -2.60. The Kier molecular flexibility index (Phi) is 33.9. The molecule has 2 fully saturated rings.